The third kappa shape index (κ3) is 4.55. The third-order valence-electron chi connectivity index (χ3n) is 6.26. The molecule has 0 bridgehead atoms. The first-order valence-electron chi connectivity index (χ1n) is 12.1. The van der Waals surface area contributed by atoms with Gasteiger partial charge in [0.2, 0.25) is 0 Å². The Bertz CT molecular complexity index is 1660. The predicted molar refractivity (Wildman–Crippen MR) is 154 cm³/mol. The molecule has 3 heteroatoms. The highest BCUT2D eigenvalue weighted by molar-refractivity contribution is 6.08. The average Bonchev–Trinajstić information content (AvgIpc) is 3.32. The zero-order valence-corrected chi connectivity index (χ0v) is 19.8. The van der Waals surface area contributed by atoms with Gasteiger partial charge in [0.05, 0.1) is 17.6 Å². The number of para-hydroxylation sites is 2. The summed E-state index contributed by atoms with van der Waals surface area (Å²) in [7, 11) is 0. The van der Waals surface area contributed by atoms with Gasteiger partial charge in [0.25, 0.3) is 0 Å². The summed E-state index contributed by atoms with van der Waals surface area (Å²) < 4.78 is 0. The van der Waals surface area contributed by atoms with E-state index < -0.39 is 0 Å². The number of benzene rings is 5. The molecule has 6 rings (SSSR count). The van der Waals surface area contributed by atoms with Gasteiger partial charge < -0.3 is 4.98 Å². The first-order valence-corrected chi connectivity index (χ1v) is 12.1. The minimum absolute atomic E-state index is 1.00. The van der Waals surface area contributed by atoms with E-state index in [1.165, 1.54) is 16.3 Å². The highest BCUT2D eigenvalue weighted by Gasteiger charge is 2.08. The van der Waals surface area contributed by atoms with Gasteiger partial charge in [-0.3, -0.25) is 0 Å². The number of hydrazone groups is 1. The number of anilines is 2. The Morgan fingerprint density at radius 3 is 1.86 bits per heavy atom. The average molecular weight is 464 g/mol. The van der Waals surface area contributed by atoms with Crippen LogP contribution in [0.1, 0.15) is 16.7 Å². The Morgan fingerprint density at radius 1 is 0.500 bits per heavy atom. The molecule has 172 valence electrons. The van der Waals surface area contributed by atoms with Gasteiger partial charge >= 0.3 is 0 Å². The second kappa shape index (κ2) is 9.77. The molecule has 0 radical (unpaired) electrons. The minimum Gasteiger partial charge on any atom is -0.355 e. The van der Waals surface area contributed by atoms with Crippen LogP contribution in [0.15, 0.2) is 132 Å². The molecular formula is C33H25N3. The number of rotatable bonds is 6. The summed E-state index contributed by atoms with van der Waals surface area (Å²) in [6, 6.07) is 43.8. The minimum atomic E-state index is 1.00. The monoisotopic (exact) mass is 463 g/mol. The number of nitrogens with one attached hydrogen (secondary N) is 1. The Balaban J connectivity index is 1.31. The summed E-state index contributed by atoms with van der Waals surface area (Å²) in [5, 5.41) is 9.31. The number of aromatic amines is 1. The second-order valence-corrected chi connectivity index (χ2v) is 8.70. The van der Waals surface area contributed by atoms with Crippen molar-refractivity contribution < 1.29 is 0 Å². The molecule has 0 spiro atoms. The molecule has 0 aliphatic rings. The molecule has 5 aromatic carbocycles. The maximum Gasteiger partial charge on any atom is 0.0653 e. The van der Waals surface area contributed by atoms with Crippen molar-refractivity contribution in [3.8, 4) is 0 Å². The zero-order chi connectivity index (χ0) is 24.2. The zero-order valence-electron chi connectivity index (χ0n) is 19.8. The van der Waals surface area contributed by atoms with Gasteiger partial charge in [-0.05, 0) is 59.2 Å². The summed E-state index contributed by atoms with van der Waals surface area (Å²) >= 11 is 0. The lowest BCUT2D eigenvalue weighted by molar-refractivity contribution is 1.09. The Hall–Kier alpha value is -4.89. The molecule has 0 saturated carbocycles. The number of H-pyrrole nitrogens is 1. The van der Waals surface area contributed by atoms with Crippen LogP contribution in [0, 0.1) is 0 Å². The van der Waals surface area contributed by atoms with Crippen LogP contribution in [-0.2, 0) is 0 Å². The van der Waals surface area contributed by atoms with Crippen molar-refractivity contribution in [2.75, 3.05) is 5.01 Å². The van der Waals surface area contributed by atoms with Gasteiger partial charge in [-0.1, -0.05) is 97.1 Å². The second-order valence-electron chi connectivity index (χ2n) is 8.70. The predicted octanol–water partition coefficient (Wildman–Crippen LogP) is 8.66. The molecule has 0 saturated heterocycles. The number of hydrogen-bond acceptors (Lipinski definition) is 2. The topological polar surface area (TPSA) is 31.4 Å². The SMILES string of the molecule is C(=C\c1ccc(N(/N=C/c2ccc3[nH]c4ccccc4c3c2)c2ccccc2)cc1)/c1ccccc1. The van der Waals surface area contributed by atoms with E-state index in [9.17, 15) is 0 Å². The lowest BCUT2D eigenvalue weighted by atomic mass is 10.1. The van der Waals surface area contributed by atoms with E-state index in [-0.39, 0.29) is 0 Å². The smallest absolute Gasteiger partial charge is 0.0653 e. The summed E-state index contributed by atoms with van der Waals surface area (Å²) in [6.07, 6.45) is 6.19. The van der Waals surface area contributed by atoms with Crippen LogP contribution in [0.4, 0.5) is 11.4 Å². The first kappa shape index (κ1) is 21.6. The summed E-state index contributed by atoms with van der Waals surface area (Å²) in [6.45, 7) is 0. The molecule has 1 aromatic heterocycles. The quantitative estimate of drug-likeness (QED) is 0.150. The number of hydrogen-bond donors (Lipinski definition) is 1. The highest BCUT2D eigenvalue weighted by Crippen LogP contribution is 2.28. The lowest BCUT2D eigenvalue weighted by Gasteiger charge is -2.19. The standard InChI is InChI=1S/C33H25N3/c1-3-9-25(10-4-1)15-16-26-17-20-29(21-18-26)36(28-11-5-2-6-12-28)34-24-27-19-22-33-31(23-27)30-13-7-8-14-32(30)35-33/h1-24,35H/b16-15+,34-24+. The van der Waals surface area contributed by atoms with Crippen LogP contribution in [0.5, 0.6) is 0 Å². The van der Waals surface area contributed by atoms with Crippen molar-refractivity contribution in [2.24, 2.45) is 5.10 Å². The molecule has 3 nitrogen and oxygen atoms in total. The van der Waals surface area contributed by atoms with Crippen LogP contribution in [0.25, 0.3) is 34.0 Å². The van der Waals surface area contributed by atoms with Gasteiger partial charge in [0, 0.05) is 21.8 Å². The fraction of sp³-hybridized carbons (Fsp3) is 0. The molecule has 0 aliphatic carbocycles. The van der Waals surface area contributed by atoms with Crippen LogP contribution in [0.3, 0.4) is 0 Å². The lowest BCUT2D eigenvalue weighted by Crippen LogP contribution is -2.09. The van der Waals surface area contributed by atoms with E-state index >= 15 is 0 Å². The van der Waals surface area contributed by atoms with Crippen molar-refractivity contribution >= 4 is 51.5 Å². The fourth-order valence-corrected chi connectivity index (χ4v) is 4.41. The van der Waals surface area contributed by atoms with E-state index in [4.69, 9.17) is 5.10 Å². The molecule has 0 fully saturated rings. The maximum absolute atomic E-state index is 4.91. The van der Waals surface area contributed by atoms with Gasteiger partial charge in [-0.15, -0.1) is 0 Å². The first-order chi connectivity index (χ1) is 17.8. The van der Waals surface area contributed by atoms with E-state index in [2.05, 4.69) is 120 Å². The molecule has 0 aliphatic heterocycles. The Kier molecular flexibility index (Phi) is 5.87. The Labute approximate surface area is 210 Å². The van der Waals surface area contributed by atoms with Crippen molar-refractivity contribution in [1.29, 1.82) is 0 Å². The van der Waals surface area contributed by atoms with Crippen LogP contribution < -0.4 is 5.01 Å². The van der Waals surface area contributed by atoms with Crippen molar-refractivity contribution in [2.45, 2.75) is 0 Å². The number of aromatic nitrogens is 1. The van der Waals surface area contributed by atoms with Crippen LogP contribution in [-0.4, -0.2) is 11.2 Å². The molecule has 0 unspecified atom stereocenters. The van der Waals surface area contributed by atoms with Crippen molar-refractivity contribution in [3.05, 3.63) is 144 Å². The fourth-order valence-electron chi connectivity index (χ4n) is 4.41. The molecule has 1 heterocycles. The Morgan fingerprint density at radius 2 is 1.08 bits per heavy atom. The van der Waals surface area contributed by atoms with Gasteiger partial charge in [0.15, 0.2) is 0 Å². The molecule has 1 N–H and O–H groups in total. The summed E-state index contributed by atoms with van der Waals surface area (Å²) in [5.41, 5.74) is 7.67. The van der Waals surface area contributed by atoms with Crippen molar-refractivity contribution in [1.82, 2.24) is 4.98 Å². The number of nitrogens with zero attached hydrogens (tertiary/aromatic N) is 2. The molecule has 0 amide bonds. The maximum atomic E-state index is 4.91. The van der Waals surface area contributed by atoms with Crippen LogP contribution in [0.2, 0.25) is 0 Å². The molecule has 0 atom stereocenters. The van der Waals surface area contributed by atoms with E-state index in [1.807, 2.05) is 35.5 Å². The summed E-state index contributed by atoms with van der Waals surface area (Å²) in [5.74, 6) is 0. The van der Waals surface area contributed by atoms with E-state index in [0.717, 1.165) is 33.5 Å². The van der Waals surface area contributed by atoms with E-state index in [0.29, 0.717) is 0 Å². The van der Waals surface area contributed by atoms with Crippen molar-refractivity contribution in [3.63, 3.8) is 0 Å². The third-order valence-corrected chi connectivity index (χ3v) is 6.26. The number of fused-ring (bicyclic) bond motifs is 3. The normalized spacial score (nSPS) is 11.7. The van der Waals surface area contributed by atoms with Crippen LogP contribution >= 0.6 is 0 Å². The molecule has 36 heavy (non-hydrogen) atoms. The summed E-state index contributed by atoms with van der Waals surface area (Å²) in [4.78, 5) is 3.49. The van der Waals surface area contributed by atoms with E-state index in [1.54, 1.807) is 0 Å². The van der Waals surface area contributed by atoms with Gasteiger partial charge in [-0.2, -0.15) is 5.10 Å². The van der Waals surface area contributed by atoms with Gasteiger partial charge in [0.1, 0.15) is 0 Å². The molecular weight excluding hydrogens is 438 g/mol. The highest BCUT2D eigenvalue weighted by atomic mass is 15.5. The molecule has 6 aromatic rings. The van der Waals surface area contributed by atoms with Gasteiger partial charge in [-0.25, -0.2) is 5.01 Å². The largest absolute Gasteiger partial charge is 0.355 e.